The van der Waals surface area contributed by atoms with E-state index in [1.54, 1.807) is 41.3 Å². The van der Waals surface area contributed by atoms with Crippen molar-refractivity contribution in [1.82, 2.24) is 10.2 Å². The van der Waals surface area contributed by atoms with Crippen LogP contribution in [0.3, 0.4) is 0 Å². The lowest BCUT2D eigenvalue weighted by Gasteiger charge is -2.28. The molecule has 2 amide bonds. The molecule has 1 saturated heterocycles. The van der Waals surface area contributed by atoms with Gasteiger partial charge in [0.05, 0.1) is 36.7 Å². The molecule has 0 spiro atoms. The van der Waals surface area contributed by atoms with Gasteiger partial charge in [0.2, 0.25) is 11.8 Å². The summed E-state index contributed by atoms with van der Waals surface area (Å²) in [5.41, 5.74) is 0.619. The number of sulfone groups is 1. The minimum Gasteiger partial charge on any atom is -0.378 e. The van der Waals surface area contributed by atoms with E-state index in [0.29, 0.717) is 31.9 Å². The van der Waals surface area contributed by atoms with E-state index in [4.69, 9.17) is 10.00 Å². The van der Waals surface area contributed by atoms with Crippen LogP contribution in [-0.4, -0.2) is 63.7 Å². The number of morpholine rings is 1. The summed E-state index contributed by atoms with van der Waals surface area (Å²) >= 11 is 0. The smallest absolute Gasteiger partial charge is 0.225 e. The zero-order chi connectivity index (χ0) is 19.7. The highest BCUT2D eigenvalue weighted by molar-refractivity contribution is 7.90. The second-order valence-corrected chi connectivity index (χ2v) is 8.42. The van der Waals surface area contributed by atoms with Gasteiger partial charge in [-0.15, -0.1) is 0 Å². The maximum atomic E-state index is 12.6. The molecule has 0 aliphatic carbocycles. The van der Waals surface area contributed by atoms with Crippen LogP contribution < -0.4 is 5.32 Å². The Labute approximate surface area is 159 Å². The van der Waals surface area contributed by atoms with Gasteiger partial charge in [-0.25, -0.2) is 8.42 Å². The minimum absolute atomic E-state index is 0.207. The van der Waals surface area contributed by atoms with E-state index >= 15 is 0 Å². The second kappa shape index (κ2) is 10.0. The topological polar surface area (TPSA) is 117 Å². The summed E-state index contributed by atoms with van der Waals surface area (Å²) in [7, 11) is -3.62. The summed E-state index contributed by atoms with van der Waals surface area (Å²) in [5, 5.41) is 11.0. The lowest BCUT2D eigenvalue weighted by molar-refractivity contribution is -0.138. The highest BCUT2D eigenvalue weighted by Gasteiger charge is 2.30. The molecule has 1 aliphatic rings. The van der Waals surface area contributed by atoms with Gasteiger partial charge in [0.1, 0.15) is 6.54 Å². The van der Waals surface area contributed by atoms with Crippen molar-refractivity contribution in [2.45, 2.75) is 12.2 Å². The third-order valence-electron chi connectivity index (χ3n) is 4.18. The average molecular weight is 393 g/mol. The monoisotopic (exact) mass is 393 g/mol. The second-order valence-electron chi connectivity index (χ2n) is 6.31. The highest BCUT2D eigenvalue weighted by atomic mass is 32.2. The number of hydrogen-bond acceptors (Lipinski definition) is 6. The van der Waals surface area contributed by atoms with Crippen LogP contribution in [0.25, 0.3) is 0 Å². The standard InChI is InChI=1S/C18H23N3O5S/c19-6-7-20-18(23)16(12-17(22)21-8-10-26-11-9-21)14-27(24,25)13-15-4-2-1-3-5-15/h1-5,16H,7-14H2,(H,20,23). The SMILES string of the molecule is N#CCNC(=O)C(CC(=O)N1CCOCC1)CS(=O)(=O)Cc1ccccc1. The number of ether oxygens (including phenoxy) is 1. The largest absolute Gasteiger partial charge is 0.378 e. The van der Waals surface area contributed by atoms with Crippen LogP contribution in [0.1, 0.15) is 12.0 Å². The molecule has 0 radical (unpaired) electrons. The molecule has 0 saturated carbocycles. The number of nitrogens with zero attached hydrogens (tertiary/aromatic N) is 2. The molecule has 1 aliphatic heterocycles. The Balaban J connectivity index is 2.07. The fourth-order valence-electron chi connectivity index (χ4n) is 2.84. The predicted octanol–water partition coefficient (Wildman–Crippen LogP) is 0.106. The first-order valence-electron chi connectivity index (χ1n) is 8.66. The number of hydrogen-bond donors (Lipinski definition) is 1. The van der Waals surface area contributed by atoms with Crippen molar-refractivity contribution in [3.05, 3.63) is 35.9 Å². The average Bonchev–Trinajstić information content (AvgIpc) is 2.66. The molecular weight excluding hydrogens is 370 g/mol. The summed E-state index contributed by atoms with van der Waals surface area (Å²) in [6, 6.07) is 10.4. The van der Waals surface area contributed by atoms with Gasteiger partial charge in [-0.05, 0) is 5.56 Å². The molecule has 8 nitrogen and oxygen atoms in total. The Bertz CT molecular complexity index is 783. The number of rotatable bonds is 8. The summed E-state index contributed by atoms with van der Waals surface area (Å²) in [6.07, 6.45) is -0.217. The zero-order valence-corrected chi connectivity index (χ0v) is 15.8. The Morgan fingerprint density at radius 1 is 1.22 bits per heavy atom. The van der Waals surface area contributed by atoms with Gasteiger partial charge in [0.25, 0.3) is 0 Å². The van der Waals surface area contributed by atoms with Crippen molar-refractivity contribution < 1.29 is 22.7 Å². The van der Waals surface area contributed by atoms with E-state index in [1.165, 1.54) is 0 Å². The molecule has 0 bridgehead atoms. The van der Waals surface area contributed by atoms with Crippen LogP contribution in [0.5, 0.6) is 0 Å². The molecule has 1 aromatic rings. The van der Waals surface area contributed by atoms with Gasteiger partial charge in [-0.3, -0.25) is 9.59 Å². The quantitative estimate of drug-likeness (QED) is 0.627. The van der Waals surface area contributed by atoms with Crippen molar-refractivity contribution in [1.29, 1.82) is 5.26 Å². The van der Waals surface area contributed by atoms with E-state index in [-0.39, 0.29) is 24.6 Å². The Morgan fingerprint density at radius 2 is 1.89 bits per heavy atom. The maximum Gasteiger partial charge on any atom is 0.225 e. The molecule has 1 aromatic carbocycles. The Kier molecular flexibility index (Phi) is 7.76. The molecule has 9 heteroatoms. The minimum atomic E-state index is -3.62. The summed E-state index contributed by atoms with van der Waals surface area (Å²) in [6.45, 7) is 1.44. The number of carbonyl (C=O) groups is 2. The van der Waals surface area contributed by atoms with Crippen LogP contribution in [0, 0.1) is 17.2 Å². The highest BCUT2D eigenvalue weighted by Crippen LogP contribution is 2.15. The molecule has 2 rings (SSSR count). The van der Waals surface area contributed by atoms with Crippen LogP contribution in [-0.2, 0) is 29.9 Å². The van der Waals surface area contributed by atoms with Crippen LogP contribution in [0.2, 0.25) is 0 Å². The van der Waals surface area contributed by atoms with Crippen molar-refractivity contribution in [3.8, 4) is 6.07 Å². The summed E-state index contributed by atoms with van der Waals surface area (Å²) in [4.78, 5) is 26.4. The van der Waals surface area contributed by atoms with E-state index < -0.39 is 27.4 Å². The number of nitriles is 1. The molecule has 1 heterocycles. The van der Waals surface area contributed by atoms with Crippen LogP contribution in [0.4, 0.5) is 0 Å². The Morgan fingerprint density at radius 3 is 2.52 bits per heavy atom. The molecule has 1 fully saturated rings. The van der Waals surface area contributed by atoms with Crippen LogP contribution in [0.15, 0.2) is 30.3 Å². The first-order valence-corrected chi connectivity index (χ1v) is 10.5. The fraction of sp³-hybridized carbons (Fsp3) is 0.500. The van der Waals surface area contributed by atoms with E-state index in [9.17, 15) is 18.0 Å². The predicted molar refractivity (Wildman–Crippen MR) is 98.1 cm³/mol. The van der Waals surface area contributed by atoms with E-state index in [1.807, 2.05) is 0 Å². The van der Waals surface area contributed by atoms with Crippen molar-refractivity contribution in [3.63, 3.8) is 0 Å². The molecule has 27 heavy (non-hydrogen) atoms. The van der Waals surface area contributed by atoms with Crippen molar-refractivity contribution in [2.75, 3.05) is 38.6 Å². The summed E-state index contributed by atoms with van der Waals surface area (Å²) in [5.74, 6) is -2.58. The maximum absolute atomic E-state index is 12.6. The lowest BCUT2D eigenvalue weighted by atomic mass is 10.1. The van der Waals surface area contributed by atoms with Crippen molar-refractivity contribution in [2.24, 2.45) is 5.92 Å². The lowest BCUT2D eigenvalue weighted by Crippen LogP contribution is -2.44. The molecular formula is C18H23N3O5S. The first-order chi connectivity index (χ1) is 12.9. The van der Waals surface area contributed by atoms with Gasteiger partial charge in [0.15, 0.2) is 9.84 Å². The molecule has 0 aromatic heterocycles. The van der Waals surface area contributed by atoms with E-state index in [2.05, 4.69) is 5.32 Å². The first kappa shape index (κ1) is 20.9. The number of benzene rings is 1. The zero-order valence-electron chi connectivity index (χ0n) is 15.0. The Hall–Kier alpha value is -2.44. The third kappa shape index (κ3) is 7.00. The van der Waals surface area contributed by atoms with Crippen molar-refractivity contribution >= 4 is 21.7 Å². The van der Waals surface area contributed by atoms with Gasteiger partial charge in [-0.2, -0.15) is 5.26 Å². The van der Waals surface area contributed by atoms with Crippen LogP contribution >= 0.6 is 0 Å². The molecule has 1 N–H and O–H groups in total. The molecule has 1 atom stereocenters. The number of carbonyl (C=O) groups excluding carboxylic acids is 2. The van der Waals surface area contributed by atoms with Gasteiger partial charge < -0.3 is 15.0 Å². The summed E-state index contributed by atoms with van der Waals surface area (Å²) < 4.78 is 30.3. The third-order valence-corrected chi connectivity index (χ3v) is 5.87. The number of nitrogens with one attached hydrogen (secondary N) is 1. The fourth-order valence-corrected chi connectivity index (χ4v) is 4.54. The van der Waals surface area contributed by atoms with E-state index in [0.717, 1.165) is 0 Å². The molecule has 1 unspecified atom stereocenters. The van der Waals surface area contributed by atoms with Gasteiger partial charge in [-0.1, -0.05) is 30.3 Å². The normalized spacial score (nSPS) is 15.6. The van der Waals surface area contributed by atoms with Gasteiger partial charge in [0, 0.05) is 19.5 Å². The van der Waals surface area contributed by atoms with Gasteiger partial charge >= 0.3 is 0 Å². The number of amides is 2. The molecule has 146 valence electrons.